The lowest BCUT2D eigenvalue weighted by Crippen LogP contribution is -2.38. The van der Waals surface area contributed by atoms with Gasteiger partial charge in [0.25, 0.3) is 0 Å². The minimum atomic E-state index is -0.338. The van der Waals surface area contributed by atoms with Crippen LogP contribution in [0.2, 0.25) is 0 Å². The Morgan fingerprint density at radius 2 is 1.81 bits per heavy atom. The van der Waals surface area contributed by atoms with E-state index in [-0.39, 0.29) is 11.6 Å². The fourth-order valence-corrected chi connectivity index (χ4v) is 3.57. The maximum Gasteiger partial charge on any atom is 0.127 e. The summed E-state index contributed by atoms with van der Waals surface area (Å²) in [6.07, 6.45) is 4.45. The number of phenols is 1. The third-order valence-corrected chi connectivity index (χ3v) is 4.82. The highest BCUT2D eigenvalue weighted by molar-refractivity contribution is 5.31. The highest BCUT2D eigenvalue weighted by Gasteiger charge is 2.24. The molecule has 0 unspecified atom stereocenters. The topological polar surface area (TPSA) is 32.7 Å². The number of hydrogen-bond donors (Lipinski definition) is 1. The molecule has 2 aliphatic heterocycles. The average Bonchev–Trinajstić information content (AvgIpc) is 2.48. The lowest BCUT2D eigenvalue weighted by atomic mass is 9.88. The van der Waals surface area contributed by atoms with Crippen molar-refractivity contribution in [2.75, 3.05) is 32.8 Å². The monoisotopic (exact) mass is 293 g/mol. The predicted molar refractivity (Wildman–Crippen MR) is 80.0 cm³/mol. The van der Waals surface area contributed by atoms with E-state index in [9.17, 15) is 9.50 Å². The van der Waals surface area contributed by atoms with Gasteiger partial charge in [-0.2, -0.15) is 0 Å². The molecule has 0 saturated carbocycles. The summed E-state index contributed by atoms with van der Waals surface area (Å²) in [6, 6.07) is 4.45. The molecule has 0 amide bonds. The SMILES string of the molecule is Oc1cc(F)cc(C2CCN(CC3CCOCC3)CC2)c1. The fraction of sp³-hybridized carbons (Fsp3) is 0.647. The van der Waals surface area contributed by atoms with E-state index in [1.165, 1.54) is 25.5 Å². The molecule has 0 atom stereocenters. The van der Waals surface area contributed by atoms with E-state index in [1.807, 2.05) is 0 Å². The summed E-state index contributed by atoms with van der Waals surface area (Å²) in [4.78, 5) is 2.53. The third-order valence-electron chi connectivity index (χ3n) is 4.82. The second-order valence-electron chi connectivity index (χ2n) is 6.37. The van der Waals surface area contributed by atoms with Crippen LogP contribution in [0.1, 0.15) is 37.2 Å². The van der Waals surface area contributed by atoms with Crippen LogP contribution in [0.3, 0.4) is 0 Å². The Labute approximate surface area is 125 Å². The Hall–Kier alpha value is -1.13. The minimum absolute atomic E-state index is 0.0367. The second-order valence-corrected chi connectivity index (χ2v) is 6.37. The molecule has 21 heavy (non-hydrogen) atoms. The molecular weight excluding hydrogens is 269 g/mol. The molecule has 2 saturated heterocycles. The lowest BCUT2D eigenvalue weighted by molar-refractivity contribution is 0.0488. The number of aromatic hydroxyl groups is 1. The molecular formula is C17H24FNO2. The molecule has 1 aromatic carbocycles. The summed E-state index contributed by atoms with van der Waals surface area (Å²) < 4.78 is 18.8. The number of halogens is 1. The maximum absolute atomic E-state index is 13.4. The van der Waals surface area contributed by atoms with E-state index in [4.69, 9.17) is 4.74 Å². The highest BCUT2D eigenvalue weighted by atomic mass is 19.1. The zero-order chi connectivity index (χ0) is 14.7. The zero-order valence-electron chi connectivity index (χ0n) is 12.4. The summed E-state index contributed by atoms with van der Waals surface area (Å²) >= 11 is 0. The van der Waals surface area contributed by atoms with Gasteiger partial charge < -0.3 is 14.7 Å². The van der Waals surface area contributed by atoms with Crippen molar-refractivity contribution in [3.8, 4) is 5.75 Å². The lowest BCUT2D eigenvalue weighted by Gasteiger charge is -2.35. The third kappa shape index (κ3) is 3.95. The van der Waals surface area contributed by atoms with Crippen molar-refractivity contribution in [2.45, 2.75) is 31.6 Å². The molecule has 3 rings (SSSR count). The van der Waals surface area contributed by atoms with Crippen LogP contribution < -0.4 is 0 Å². The van der Waals surface area contributed by atoms with E-state index in [0.717, 1.165) is 50.6 Å². The molecule has 2 aliphatic rings. The van der Waals surface area contributed by atoms with E-state index in [0.29, 0.717) is 5.92 Å². The van der Waals surface area contributed by atoms with E-state index < -0.39 is 0 Å². The van der Waals surface area contributed by atoms with Crippen LogP contribution in [-0.2, 0) is 4.74 Å². The molecule has 0 spiro atoms. The molecule has 2 heterocycles. The first-order chi connectivity index (χ1) is 10.2. The molecule has 3 nitrogen and oxygen atoms in total. The molecule has 0 aromatic heterocycles. The quantitative estimate of drug-likeness (QED) is 0.929. The van der Waals surface area contributed by atoms with Crippen LogP contribution in [0.15, 0.2) is 18.2 Å². The van der Waals surface area contributed by atoms with Gasteiger partial charge in [0.15, 0.2) is 0 Å². The summed E-state index contributed by atoms with van der Waals surface area (Å²) in [5.74, 6) is 0.843. The van der Waals surface area contributed by atoms with Gasteiger partial charge in [-0.05, 0) is 68.3 Å². The normalized spacial score (nSPS) is 22.5. The number of likely N-dealkylation sites (tertiary alicyclic amines) is 1. The average molecular weight is 293 g/mol. The zero-order valence-corrected chi connectivity index (χ0v) is 12.4. The van der Waals surface area contributed by atoms with Crippen LogP contribution in [0.25, 0.3) is 0 Å². The fourth-order valence-electron chi connectivity index (χ4n) is 3.57. The smallest absolute Gasteiger partial charge is 0.127 e. The summed E-state index contributed by atoms with van der Waals surface area (Å²) in [5.41, 5.74) is 0.943. The Balaban J connectivity index is 1.52. The Morgan fingerprint density at radius 1 is 1.10 bits per heavy atom. The second kappa shape index (κ2) is 6.75. The Morgan fingerprint density at radius 3 is 2.48 bits per heavy atom. The van der Waals surface area contributed by atoms with E-state index >= 15 is 0 Å². The Bertz CT molecular complexity index is 446. The van der Waals surface area contributed by atoms with Crippen molar-refractivity contribution >= 4 is 0 Å². The van der Waals surface area contributed by atoms with Crippen LogP contribution in [0, 0.1) is 11.7 Å². The molecule has 4 heteroatoms. The van der Waals surface area contributed by atoms with Crippen molar-refractivity contribution in [3.63, 3.8) is 0 Å². The van der Waals surface area contributed by atoms with Gasteiger partial charge in [-0.25, -0.2) is 4.39 Å². The number of nitrogens with zero attached hydrogens (tertiary/aromatic N) is 1. The first-order valence-corrected chi connectivity index (χ1v) is 8.00. The molecule has 1 aromatic rings. The van der Waals surface area contributed by atoms with E-state index in [2.05, 4.69) is 4.90 Å². The number of rotatable bonds is 3. The number of ether oxygens (including phenoxy) is 1. The van der Waals surface area contributed by atoms with Gasteiger partial charge in [-0.3, -0.25) is 0 Å². The van der Waals surface area contributed by atoms with Crippen molar-refractivity contribution in [1.29, 1.82) is 0 Å². The largest absolute Gasteiger partial charge is 0.508 e. The van der Waals surface area contributed by atoms with Crippen molar-refractivity contribution < 1.29 is 14.2 Å². The van der Waals surface area contributed by atoms with Gasteiger partial charge in [0.2, 0.25) is 0 Å². The summed E-state index contributed by atoms with van der Waals surface area (Å²) in [6.45, 7) is 5.12. The molecule has 116 valence electrons. The van der Waals surface area contributed by atoms with Crippen molar-refractivity contribution in [2.24, 2.45) is 5.92 Å². The number of phenolic OH excluding ortho intramolecular Hbond substituents is 1. The molecule has 0 bridgehead atoms. The van der Waals surface area contributed by atoms with Crippen LogP contribution >= 0.6 is 0 Å². The first kappa shape index (κ1) is 14.8. The molecule has 1 N–H and O–H groups in total. The van der Waals surface area contributed by atoms with Crippen LogP contribution in [0.4, 0.5) is 4.39 Å². The van der Waals surface area contributed by atoms with Crippen molar-refractivity contribution in [1.82, 2.24) is 4.90 Å². The summed E-state index contributed by atoms with van der Waals surface area (Å²) in [7, 11) is 0. The Kier molecular flexibility index (Phi) is 4.76. The van der Waals surface area contributed by atoms with Gasteiger partial charge in [-0.1, -0.05) is 0 Å². The standard InChI is InChI=1S/C17H24FNO2/c18-16-9-15(10-17(20)11-16)14-1-5-19(6-2-14)12-13-3-7-21-8-4-13/h9-11,13-14,20H,1-8,12H2. The van der Waals surface area contributed by atoms with Crippen molar-refractivity contribution in [3.05, 3.63) is 29.6 Å². The van der Waals surface area contributed by atoms with E-state index in [1.54, 1.807) is 12.1 Å². The minimum Gasteiger partial charge on any atom is -0.508 e. The summed E-state index contributed by atoms with van der Waals surface area (Å²) in [5, 5.41) is 9.53. The van der Waals surface area contributed by atoms with Gasteiger partial charge in [0, 0.05) is 25.8 Å². The van der Waals surface area contributed by atoms with Gasteiger partial charge >= 0.3 is 0 Å². The van der Waals surface area contributed by atoms with Gasteiger partial charge in [0.1, 0.15) is 11.6 Å². The number of piperidine rings is 1. The highest BCUT2D eigenvalue weighted by Crippen LogP contribution is 2.31. The van der Waals surface area contributed by atoms with Crippen LogP contribution in [0.5, 0.6) is 5.75 Å². The number of benzene rings is 1. The molecule has 0 radical (unpaired) electrons. The van der Waals surface area contributed by atoms with Gasteiger partial charge in [-0.15, -0.1) is 0 Å². The van der Waals surface area contributed by atoms with Crippen LogP contribution in [-0.4, -0.2) is 42.9 Å². The predicted octanol–water partition coefficient (Wildman–Crippen LogP) is 3.14. The first-order valence-electron chi connectivity index (χ1n) is 8.00. The number of hydrogen-bond acceptors (Lipinski definition) is 3. The molecule has 2 fully saturated rings. The molecule has 0 aliphatic carbocycles. The van der Waals surface area contributed by atoms with Gasteiger partial charge in [0.05, 0.1) is 0 Å². The maximum atomic E-state index is 13.4.